The second-order valence-electron chi connectivity index (χ2n) is 8.76. The first kappa shape index (κ1) is 29.4. The number of aliphatic imine (C=N–C) groups is 1. The third-order valence-electron chi connectivity index (χ3n) is 4.77. The Kier molecular flexibility index (Phi) is 14.3. The Morgan fingerprint density at radius 2 is 2.06 bits per heavy atom. The quantitative estimate of drug-likeness (QED) is 0.192. The number of amides is 1. The zero-order valence-electron chi connectivity index (χ0n) is 20.5. The summed E-state index contributed by atoms with van der Waals surface area (Å²) in [5.41, 5.74) is 0.436. The smallest absolute Gasteiger partial charge is 0.410 e. The standard InChI is InChI=1S/C23H40N6O3.HI/c1-5-25-21(27-11-13-28-14-16-31-17-15-28)26-10-7-12-29(22(30)32-23(2,3)4)19-20-8-6-9-24-18-20;/h6,8-9,18H,5,7,10-17,19H2,1-4H3,(H2,25,26,27);1H. The number of aromatic nitrogens is 1. The first-order chi connectivity index (χ1) is 15.4. The van der Waals surface area contributed by atoms with Gasteiger partial charge in [-0.05, 0) is 45.7 Å². The van der Waals surface area contributed by atoms with Crippen LogP contribution in [0.5, 0.6) is 0 Å². The van der Waals surface area contributed by atoms with E-state index in [9.17, 15) is 4.79 Å². The summed E-state index contributed by atoms with van der Waals surface area (Å²) in [5, 5.41) is 6.68. The van der Waals surface area contributed by atoms with Crippen molar-refractivity contribution >= 4 is 36.0 Å². The molecule has 2 N–H and O–H groups in total. The van der Waals surface area contributed by atoms with Gasteiger partial charge >= 0.3 is 6.09 Å². The van der Waals surface area contributed by atoms with Crippen LogP contribution in [0.1, 0.15) is 39.7 Å². The van der Waals surface area contributed by atoms with Gasteiger partial charge in [0, 0.05) is 58.2 Å². The fourth-order valence-corrected chi connectivity index (χ4v) is 3.22. The maximum Gasteiger partial charge on any atom is 0.410 e. The van der Waals surface area contributed by atoms with Crippen molar-refractivity contribution in [1.82, 2.24) is 25.4 Å². The Morgan fingerprint density at radius 1 is 1.30 bits per heavy atom. The molecule has 0 bridgehead atoms. The zero-order valence-corrected chi connectivity index (χ0v) is 22.8. The van der Waals surface area contributed by atoms with E-state index in [-0.39, 0.29) is 30.1 Å². The predicted octanol–water partition coefficient (Wildman–Crippen LogP) is 2.71. The summed E-state index contributed by atoms with van der Waals surface area (Å²) in [5.74, 6) is 0.803. The summed E-state index contributed by atoms with van der Waals surface area (Å²) in [7, 11) is 0. The lowest BCUT2D eigenvalue weighted by Crippen LogP contribution is -2.44. The highest BCUT2D eigenvalue weighted by Gasteiger charge is 2.22. The molecule has 0 spiro atoms. The fourth-order valence-electron chi connectivity index (χ4n) is 3.22. The topological polar surface area (TPSA) is 91.3 Å². The van der Waals surface area contributed by atoms with Crippen LogP contribution in [-0.2, 0) is 16.0 Å². The van der Waals surface area contributed by atoms with E-state index < -0.39 is 5.60 Å². The van der Waals surface area contributed by atoms with E-state index in [1.54, 1.807) is 17.3 Å². The predicted molar refractivity (Wildman–Crippen MR) is 142 cm³/mol. The molecule has 1 saturated heterocycles. The van der Waals surface area contributed by atoms with Crippen LogP contribution in [0.15, 0.2) is 29.5 Å². The van der Waals surface area contributed by atoms with Crippen molar-refractivity contribution in [3.8, 4) is 0 Å². The van der Waals surface area contributed by atoms with Crippen LogP contribution in [0.2, 0.25) is 0 Å². The number of rotatable bonds is 10. The summed E-state index contributed by atoms with van der Waals surface area (Å²) in [6, 6.07) is 3.84. The Bertz CT molecular complexity index is 693. The number of nitrogens with one attached hydrogen (secondary N) is 2. The molecule has 1 amide bonds. The van der Waals surface area contributed by atoms with Crippen molar-refractivity contribution < 1.29 is 14.3 Å². The molecule has 1 aromatic heterocycles. The Hall–Kier alpha value is -1.66. The second-order valence-corrected chi connectivity index (χ2v) is 8.76. The lowest BCUT2D eigenvalue weighted by molar-refractivity contribution is 0.0232. The number of hydrogen-bond acceptors (Lipinski definition) is 6. The molecule has 0 aromatic carbocycles. The molecule has 0 unspecified atom stereocenters. The number of guanidine groups is 1. The minimum Gasteiger partial charge on any atom is -0.444 e. The van der Waals surface area contributed by atoms with Crippen LogP contribution < -0.4 is 10.6 Å². The lowest BCUT2D eigenvalue weighted by atomic mass is 10.2. The van der Waals surface area contributed by atoms with Crippen LogP contribution in [-0.4, -0.2) is 91.5 Å². The number of hydrogen-bond donors (Lipinski definition) is 2. The summed E-state index contributed by atoms with van der Waals surface area (Å²) in [6.07, 6.45) is 3.92. The molecule has 188 valence electrons. The average Bonchev–Trinajstić information content (AvgIpc) is 2.76. The van der Waals surface area contributed by atoms with Gasteiger partial charge in [-0.15, -0.1) is 24.0 Å². The molecule has 0 atom stereocenters. The third-order valence-corrected chi connectivity index (χ3v) is 4.77. The summed E-state index contributed by atoms with van der Waals surface area (Å²) >= 11 is 0. The van der Waals surface area contributed by atoms with E-state index in [1.165, 1.54) is 0 Å². The van der Waals surface area contributed by atoms with E-state index in [0.717, 1.165) is 63.9 Å². The number of halogens is 1. The molecule has 33 heavy (non-hydrogen) atoms. The molecule has 1 aliphatic rings. The zero-order chi connectivity index (χ0) is 23.2. The maximum absolute atomic E-state index is 12.7. The average molecular weight is 577 g/mol. The Balaban J connectivity index is 0.00000544. The Morgan fingerprint density at radius 3 is 2.70 bits per heavy atom. The maximum atomic E-state index is 12.7. The normalized spacial score (nSPS) is 14.8. The van der Waals surface area contributed by atoms with Gasteiger partial charge in [0.25, 0.3) is 0 Å². The van der Waals surface area contributed by atoms with Crippen LogP contribution in [0.25, 0.3) is 0 Å². The number of pyridine rings is 1. The molecule has 2 heterocycles. The SMILES string of the molecule is CCNC(=NCCCN(Cc1cccnc1)C(=O)OC(C)(C)C)NCCN1CCOCC1.I. The van der Waals surface area contributed by atoms with E-state index in [2.05, 4.69) is 32.4 Å². The first-order valence-corrected chi connectivity index (χ1v) is 11.6. The number of morpholine rings is 1. The van der Waals surface area contributed by atoms with Gasteiger partial charge in [-0.1, -0.05) is 6.07 Å². The van der Waals surface area contributed by atoms with Gasteiger partial charge in [-0.3, -0.25) is 14.9 Å². The lowest BCUT2D eigenvalue weighted by Gasteiger charge is -2.27. The molecular formula is C23H41IN6O3. The minimum atomic E-state index is -0.537. The molecule has 1 fully saturated rings. The van der Waals surface area contributed by atoms with E-state index in [0.29, 0.717) is 19.6 Å². The molecule has 1 aliphatic heterocycles. The molecule has 9 nitrogen and oxygen atoms in total. The van der Waals surface area contributed by atoms with E-state index in [1.807, 2.05) is 32.9 Å². The number of carbonyl (C=O) groups is 1. The third kappa shape index (κ3) is 13.0. The highest BCUT2D eigenvalue weighted by atomic mass is 127. The van der Waals surface area contributed by atoms with Crippen LogP contribution in [0.4, 0.5) is 4.79 Å². The van der Waals surface area contributed by atoms with Crippen molar-refractivity contribution in [1.29, 1.82) is 0 Å². The molecule has 0 aliphatic carbocycles. The van der Waals surface area contributed by atoms with Crippen molar-refractivity contribution in [2.75, 3.05) is 59.0 Å². The summed E-state index contributed by atoms with van der Waals surface area (Å²) in [4.78, 5) is 25.6. The van der Waals surface area contributed by atoms with E-state index >= 15 is 0 Å². The minimum absolute atomic E-state index is 0. The fraction of sp³-hybridized carbons (Fsp3) is 0.696. The van der Waals surface area contributed by atoms with Crippen molar-refractivity contribution in [2.45, 2.75) is 46.3 Å². The van der Waals surface area contributed by atoms with Gasteiger partial charge in [0.15, 0.2) is 5.96 Å². The molecule has 10 heteroatoms. The van der Waals surface area contributed by atoms with Crippen molar-refractivity contribution in [3.63, 3.8) is 0 Å². The number of ether oxygens (including phenoxy) is 2. The Labute approximate surface area is 215 Å². The highest BCUT2D eigenvalue weighted by molar-refractivity contribution is 14.0. The second kappa shape index (κ2) is 16.0. The van der Waals surface area contributed by atoms with Gasteiger partial charge in [0.05, 0.1) is 19.8 Å². The van der Waals surface area contributed by atoms with Gasteiger partial charge in [-0.25, -0.2) is 4.79 Å². The van der Waals surface area contributed by atoms with Crippen molar-refractivity contribution in [3.05, 3.63) is 30.1 Å². The van der Waals surface area contributed by atoms with Crippen LogP contribution in [0.3, 0.4) is 0 Å². The van der Waals surface area contributed by atoms with Crippen LogP contribution >= 0.6 is 24.0 Å². The molecule has 0 radical (unpaired) electrons. The van der Waals surface area contributed by atoms with Gasteiger partial charge < -0.3 is 25.0 Å². The first-order valence-electron chi connectivity index (χ1n) is 11.6. The van der Waals surface area contributed by atoms with Gasteiger partial charge in [0.1, 0.15) is 5.60 Å². The number of carbonyl (C=O) groups excluding carboxylic acids is 1. The molecule has 1 aromatic rings. The van der Waals surface area contributed by atoms with Gasteiger partial charge in [0.2, 0.25) is 0 Å². The van der Waals surface area contributed by atoms with Gasteiger partial charge in [-0.2, -0.15) is 0 Å². The number of nitrogens with zero attached hydrogens (tertiary/aromatic N) is 4. The molecule has 0 saturated carbocycles. The monoisotopic (exact) mass is 576 g/mol. The summed E-state index contributed by atoms with van der Waals surface area (Å²) < 4.78 is 11.0. The molecule has 2 rings (SSSR count). The molecular weight excluding hydrogens is 535 g/mol. The van der Waals surface area contributed by atoms with Crippen LogP contribution in [0, 0.1) is 0 Å². The largest absolute Gasteiger partial charge is 0.444 e. The van der Waals surface area contributed by atoms with E-state index in [4.69, 9.17) is 9.47 Å². The van der Waals surface area contributed by atoms with Crippen molar-refractivity contribution in [2.24, 2.45) is 4.99 Å². The summed E-state index contributed by atoms with van der Waals surface area (Å²) in [6.45, 7) is 15.5. The highest BCUT2D eigenvalue weighted by Crippen LogP contribution is 2.13.